The molecular weight excluding hydrogens is 292 g/mol. The van der Waals surface area contributed by atoms with E-state index in [4.69, 9.17) is 4.74 Å². The average molecular weight is 311 g/mol. The molecule has 0 saturated carbocycles. The van der Waals surface area contributed by atoms with Gasteiger partial charge in [-0.05, 0) is 31.3 Å². The third kappa shape index (κ3) is 4.21. The SMILES string of the molecule is CNCCNC(=O)c1cn[nH]c1-c1ccc(OC)cc1.Cl. The molecule has 0 aliphatic rings. The smallest absolute Gasteiger partial charge is 0.255 e. The molecule has 114 valence electrons. The molecule has 0 aliphatic carbocycles. The minimum absolute atomic E-state index is 0. The van der Waals surface area contributed by atoms with Crippen LogP contribution in [0.15, 0.2) is 30.5 Å². The Bertz CT molecular complexity index is 569. The normalized spacial score (nSPS) is 9.81. The van der Waals surface area contributed by atoms with Gasteiger partial charge in [-0.3, -0.25) is 9.89 Å². The van der Waals surface area contributed by atoms with E-state index in [2.05, 4.69) is 20.8 Å². The summed E-state index contributed by atoms with van der Waals surface area (Å²) in [4.78, 5) is 12.1. The fourth-order valence-electron chi connectivity index (χ4n) is 1.83. The van der Waals surface area contributed by atoms with Crippen molar-refractivity contribution in [3.8, 4) is 17.0 Å². The van der Waals surface area contributed by atoms with Crippen LogP contribution in [0.2, 0.25) is 0 Å². The molecule has 2 aromatic rings. The number of amides is 1. The van der Waals surface area contributed by atoms with E-state index in [1.165, 1.54) is 6.20 Å². The molecule has 0 atom stereocenters. The first kappa shape index (κ1) is 17.0. The van der Waals surface area contributed by atoms with E-state index in [9.17, 15) is 4.79 Å². The van der Waals surface area contributed by atoms with Crippen LogP contribution in [0.4, 0.5) is 0 Å². The first-order chi connectivity index (χ1) is 9.76. The summed E-state index contributed by atoms with van der Waals surface area (Å²) < 4.78 is 5.12. The Morgan fingerprint density at radius 3 is 2.62 bits per heavy atom. The van der Waals surface area contributed by atoms with Gasteiger partial charge in [0.15, 0.2) is 0 Å². The number of nitrogens with one attached hydrogen (secondary N) is 3. The lowest BCUT2D eigenvalue weighted by Gasteiger charge is -2.06. The summed E-state index contributed by atoms with van der Waals surface area (Å²) >= 11 is 0. The third-order valence-electron chi connectivity index (χ3n) is 2.92. The first-order valence-electron chi connectivity index (χ1n) is 6.37. The van der Waals surface area contributed by atoms with Crippen molar-refractivity contribution in [3.63, 3.8) is 0 Å². The number of H-pyrrole nitrogens is 1. The predicted molar refractivity (Wildman–Crippen MR) is 84.1 cm³/mol. The number of carbonyl (C=O) groups is 1. The van der Waals surface area contributed by atoms with Crippen molar-refractivity contribution in [2.45, 2.75) is 0 Å². The second kappa shape index (κ2) is 8.28. The van der Waals surface area contributed by atoms with E-state index < -0.39 is 0 Å². The molecule has 2 rings (SSSR count). The maximum absolute atomic E-state index is 12.1. The third-order valence-corrected chi connectivity index (χ3v) is 2.92. The molecule has 0 spiro atoms. The van der Waals surface area contributed by atoms with Gasteiger partial charge >= 0.3 is 0 Å². The predicted octanol–water partition coefficient (Wildman–Crippen LogP) is 1.46. The zero-order valence-electron chi connectivity index (χ0n) is 12.0. The molecule has 0 radical (unpaired) electrons. The average Bonchev–Trinajstić information content (AvgIpc) is 2.97. The van der Waals surface area contributed by atoms with Gasteiger partial charge in [0.2, 0.25) is 0 Å². The number of hydrogen-bond acceptors (Lipinski definition) is 4. The molecule has 0 aliphatic heterocycles. The Kier molecular flexibility index (Phi) is 6.71. The summed E-state index contributed by atoms with van der Waals surface area (Å²) in [6, 6.07) is 7.46. The van der Waals surface area contributed by atoms with Gasteiger partial charge in [0.1, 0.15) is 5.75 Å². The largest absolute Gasteiger partial charge is 0.497 e. The summed E-state index contributed by atoms with van der Waals surface area (Å²) in [6.07, 6.45) is 1.54. The number of halogens is 1. The summed E-state index contributed by atoms with van der Waals surface area (Å²) in [5.74, 6) is 0.633. The Balaban J connectivity index is 0.00000220. The molecular formula is C14H19ClN4O2. The van der Waals surface area contributed by atoms with E-state index in [0.717, 1.165) is 17.9 Å². The molecule has 3 N–H and O–H groups in total. The highest BCUT2D eigenvalue weighted by molar-refractivity contribution is 5.99. The van der Waals surface area contributed by atoms with Crippen LogP contribution < -0.4 is 15.4 Å². The zero-order chi connectivity index (χ0) is 14.4. The molecule has 0 bridgehead atoms. The lowest BCUT2D eigenvalue weighted by atomic mass is 10.1. The summed E-state index contributed by atoms with van der Waals surface area (Å²) in [7, 11) is 3.46. The van der Waals surface area contributed by atoms with E-state index in [1.54, 1.807) is 7.11 Å². The zero-order valence-corrected chi connectivity index (χ0v) is 12.8. The number of aromatic nitrogens is 2. The summed E-state index contributed by atoms with van der Waals surface area (Å²) in [5.41, 5.74) is 2.13. The maximum atomic E-state index is 12.1. The van der Waals surface area contributed by atoms with Gasteiger partial charge < -0.3 is 15.4 Å². The van der Waals surface area contributed by atoms with Crippen LogP contribution in [-0.2, 0) is 0 Å². The van der Waals surface area contributed by atoms with Crippen LogP contribution in [0, 0.1) is 0 Å². The summed E-state index contributed by atoms with van der Waals surface area (Å²) in [5, 5.41) is 12.6. The Morgan fingerprint density at radius 1 is 1.29 bits per heavy atom. The second-order valence-corrected chi connectivity index (χ2v) is 4.25. The molecule has 1 heterocycles. The summed E-state index contributed by atoms with van der Waals surface area (Å²) in [6.45, 7) is 1.30. The monoisotopic (exact) mass is 310 g/mol. The van der Waals surface area contributed by atoms with Gasteiger partial charge in [0.25, 0.3) is 5.91 Å². The standard InChI is InChI=1S/C14H18N4O2.ClH/c1-15-7-8-16-14(19)12-9-17-18-13(12)10-3-5-11(20-2)6-4-10;/h3-6,9,15H,7-8H2,1-2H3,(H,16,19)(H,17,18);1H. The molecule has 21 heavy (non-hydrogen) atoms. The van der Waals surface area contributed by atoms with E-state index in [0.29, 0.717) is 17.8 Å². The Morgan fingerprint density at radius 2 is 2.00 bits per heavy atom. The molecule has 6 nitrogen and oxygen atoms in total. The molecule has 0 unspecified atom stereocenters. The number of rotatable bonds is 6. The van der Waals surface area contributed by atoms with Crippen molar-refractivity contribution in [3.05, 3.63) is 36.0 Å². The lowest BCUT2D eigenvalue weighted by molar-refractivity contribution is 0.0955. The van der Waals surface area contributed by atoms with Gasteiger partial charge in [-0.25, -0.2) is 0 Å². The minimum atomic E-state index is -0.139. The van der Waals surface area contributed by atoms with E-state index >= 15 is 0 Å². The van der Waals surface area contributed by atoms with Crippen molar-refractivity contribution in [1.29, 1.82) is 0 Å². The molecule has 0 fully saturated rings. The topological polar surface area (TPSA) is 79.0 Å². The number of carbonyl (C=O) groups excluding carboxylic acids is 1. The number of benzene rings is 1. The Labute approximate surface area is 129 Å². The lowest BCUT2D eigenvalue weighted by Crippen LogP contribution is -2.30. The number of methoxy groups -OCH3 is 1. The van der Waals surface area contributed by atoms with Crippen LogP contribution in [0.5, 0.6) is 5.75 Å². The van der Waals surface area contributed by atoms with Gasteiger partial charge in [-0.1, -0.05) is 0 Å². The molecule has 1 aromatic carbocycles. The van der Waals surface area contributed by atoms with Crippen molar-refractivity contribution in [1.82, 2.24) is 20.8 Å². The van der Waals surface area contributed by atoms with Crippen molar-refractivity contribution in [2.24, 2.45) is 0 Å². The molecule has 7 heteroatoms. The van der Waals surface area contributed by atoms with Gasteiger partial charge in [-0.2, -0.15) is 5.10 Å². The molecule has 0 saturated heterocycles. The van der Waals surface area contributed by atoms with Crippen LogP contribution in [0.1, 0.15) is 10.4 Å². The fraction of sp³-hybridized carbons (Fsp3) is 0.286. The van der Waals surface area contributed by atoms with Gasteiger partial charge in [0.05, 0.1) is 24.6 Å². The van der Waals surface area contributed by atoms with E-state index in [1.807, 2.05) is 31.3 Å². The number of nitrogens with zero attached hydrogens (tertiary/aromatic N) is 1. The minimum Gasteiger partial charge on any atom is -0.497 e. The number of aromatic amines is 1. The quantitative estimate of drug-likeness (QED) is 0.706. The highest BCUT2D eigenvalue weighted by Gasteiger charge is 2.14. The van der Waals surface area contributed by atoms with Gasteiger partial charge in [0, 0.05) is 18.7 Å². The van der Waals surface area contributed by atoms with Crippen LogP contribution in [0.3, 0.4) is 0 Å². The number of hydrogen-bond donors (Lipinski definition) is 3. The van der Waals surface area contributed by atoms with Crippen molar-refractivity contribution < 1.29 is 9.53 Å². The van der Waals surface area contributed by atoms with Crippen molar-refractivity contribution >= 4 is 18.3 Å². The molecule has 1 amide bonds. The first-order valence-corrected chi connectivity index (χ1v) is 6.37. The van der Waals surface area contributed by atoms with E-state index in [-0.39, 0.29) is 18.3 Å². The second-order valence-electron chi connectivity index (χ2n) is 4.25. The van der Waals surface area contributed by atoms with Crippen molar-refractivity contribution in [2.75, 3.05) is 27.2 Å². The molecule has 1 aromatic heterocycles. The highest BCUT2D eigenvalue weighted by atomic mass is 35.5. The van der Waals surface area contributed by atoms with Crippen LogP contribution in [-0.4, -0.2) is 43.4 Å². The van der Waals surface area contributed by atoms with Crippen LogP contribution in [0.25, 0.3) is 11.3 Å². The number of ether oxygens (including phenoxy) is 1. The number of likely N-dealkylation sites (N-methyl/N-ethyl adjacent to an activating group) is 1. The van der Waals surface area contributed by atoms with Gasteiger partial charge in [-0.15, -0.1) is 12.4 Å². The van der Waals surface area contributed by atoms with Crippen LogP contribution >= 0.6 is 12.4 Å². The maximum Gasteiger partial charge on any atom is 0.255 e. The highest BCUT2D eigenvalue weighted by Crippen LogP contribution is 2.23. The Hall–Kier alpha value is -2.05. The fourth-order valence-corrected chi connectivity index (χ4v) is 1.83.